The standard InChI is InChI=1S/C17H20ClN3S/c1-12(2)15-11-16(21-7-9-22-10-8-21)20-17(19-15)13-3-5-14(18)6-4-13/h3-6,11-12H,7-10H2,1-2H3. The first-order valence-electron chi connectivity index (χ1n) is 7.61. The summed E-state index contributed by atoms with van der Waals surface area (Å²) in [6.45, 7) is 6.45. The minimum absolute atomic E-state index is 0.381. The third-order valence-corrected chi connectivity index (χ3v) is 4.96. The van der Waals surface area contributed by atoms with E-state index in [1.54, 1.807) is 0 Å². The number of anilines is 1. The lowest BCUT2D eigenvalue weighted by Gasteiger charge is -2.28. The fourth-order valence-corrected chi connectivity index (χ4v) is 3.46. The van der Waals surface area contributed by atoms with Gasteiger partial charge in [0.25, 0.3) is 0 Å². The van der Waals surface area contributed by atoms with E-state index in [0.717, 1.165) is 52.5 Å². The second kappa shape index (κ2) is 6.88. The monoisotopic (exact) mass is 333 g/mol. The first-order chi connectivity index (χ1) is 10.6. The van der Waals surface area contributed by atoms with Crippen LogP contribution < -0.4 is 4.90 Å². The fraction of sp³-hybridized carbons (Fsp3) is 0.412. The molecule has 0 saturated carbocycles. The lowest BCUT2D eigenvalue weighted by atomic mass is 10.1. The zero-order valence-electron chi connectivity index (χ0n) is 12.9. The Labute approximate surface area is 141 Å². The fourth-order valence-electron chi connectivity index (χ4n) is 2.43. The van der Waals surface area contributed by atoms with E-state index in [4.69, 9.17) is 21.6 Å². The van der Waals surface area contributed by atoms with Gasteiger partial charge < -0.3 is 4.90 Å². The van der Waals surface area contributed by atoms with Crippen LogP contribution >= 0.6 is 23.4 Å². The Morgan fingerprint density at radius 3 is 2.41 bits per heavy atom. The quantitative estimate of drug-likeness (QED) is 0.828. The largest absolute Gasteiger partial charge is 0.355 e. The second-order valence-electron chi connectivity index (χ2n) is 5.74. The van der Waals surface area contributed by atoms with Crippen LogP contribution in [0.2, 0.25) is 5.02 Å². The van der Waals surface area contributed by atoms with Crippen LogP contribution in [0.15, 0.2) is 30.3 Å². The van der Waals surface area contributed by atoms with Crippen molar-refractivity contribution in [1.82, 2.24) is 9.97 Å². The van der Waals surface area contributed by atoms with Crippen LogP contribution in [0.25, 0.3) is 11.4 Å². The van der Waals surface area contributed by atoms with Gasteiger partial charge in [0.1, 0.15) is 5.82 Å². The van der Waals surface area contributed by atoms with Gasteiger partial charge in [0.15, 0.2) is 5.82 Å². The maximum Gasteiger partial charge on any atom is 0.161 e. The lowest BCUT2D eigenvalue weighted by molar-refractivity contribution is 0.794. The molecule has 5 heteroatoms. The molecule has 1 aromatic carbocycles. The predicted octanol–water partition coefficient (Wildman–Crippen LogP) is 4.47. The molecule has 3 rings (SSSR count). The molecular formula is C17H20ClN3S. The zero-order chi connectivity index (χ0) is 15.5. The Balaban J connectivity index is 2.01. The van der Waals surface area contributed by atoms with Crippen molar-refractivity contribution in [3.05, 3.63) is 41.0 Å². The molecule has 1 aliphatic heterocycles. The number of thioether (sulfide) groups is 1. The first kappa shape index (κ1) is 15.6. The van der Waals surface area contributed by atoms with Gasteiger partial charge in [-0.1, -0.05) is 25.4 Å². The van der Waals surface area contributed by atoms with Crippen LogP contribution in [-0.2, 0) is 0 Å². The van der Waals surface area contributed by atoms with Crippen molar-refractivity contribution in [3.63, 3.8) is 0 Å². The van der Waals surface area contributed by atoms with Crippen LogP contribution in [0, 0.1) is 0 Å². The van der Waals surface area contributed by atoms with Gasteiger partial charge in [-0.3, -0.25) is 0 Å². The number of hydrogen-bond acceptors (Lipinski definition) is 4. The van der Waals surface area contributed by atoms with Crippen molar-refractivity contribution >= 4 is 29.2 Å². The van der Waals surface area contributed by atoms with Crippen molar-refractivity contribution in [2.24, 2.45) is 0 Å². The summed E-state index contributed by atoms with van der Waals surface area (Å²) in [6.07, 6.45) is 0. The van der Waals surface area contributed by atoms with Gasteiger partial charge in [0.2, 0.25) is 0 Å². The van der Waals surface area contributed by atoms with Gasteiger partial charge >= 0.3 is 0 Å². The van der Waals surface area contributed by atoms with Crippen molar-refractivity contribution in [2.75, 3.05) is 29.5 Å². The summed E-state index contributed by atoms with van der Waals surface area (Å²) in [5.41, 5.74) is 2.10. The van der Waals surface area contributed by atoms with E-state index >= 15 is 0 Å². The molecular weight excluding hydrogens is 314 g/mol. The molecule has 3 nitrogen and oxygen atoms in total. The van der Waals surface area contributed by atoms with E-state index in [0.29, 0.717) is 5.92 Å². The summed E-state index contributed by atoms with van der Waals surface area (Å²) in [7, 11) is 0. The van der Waals surface area contributed by atoms with Crippen LogP contribution in [0.3, 0.4) is 0 Å². The van der Waals surface area contributed by atoms with Crippen molar-refractivity contribution in [3.8, 4) is 11.4 Å². The maximum absolute atomic E-state index is 5.98. The molecule has 22 heavy (non-hydrogen) atoms. The molecule has 1 fully saturated rings. The Bertz CT molecular complexity index is 637. The molecule has 0 spiro atoms. The van der Waals surface area contributed by atoms with Gasteiger partial charge in [-0.15, -0.1) is 0 Å². The normalized spacial score (nSPS) is 15.4. The summed E-state index contributed by atoms with van der Waals surface area (Å²) in [4.78, 5) is 11.9. The van der Waals surface area contributed by atoms with Gasteiger partial charge in [-0.2, -0.15) is 11.8 Å². The maximum atomic E-state index is 5.98. The molecule has 0 amide bonds. The molecule has 0 radical (unpaired) electrons. The van der Waals surface area contributed by atoms with E-state index < -0.39 is 0 Å². The number of rotatable bonds is 3. The molecule has 116 valence electrons. The molecule has 2 heterocycles. The zero-order valence-corrected chi connectivity index (χ0v) is 14.5. The van der Waals surface area contributed by atoms with Crippen molar-refractivity contribution < 1.29 is 0 Å². The number of hydrogen-bond donors (Lipinski definition) is 0. The number of halogens is 1. The predicted molar refractivity (Wildman–Crippen MR) is 96.1 cm³/mol. The minimum atomic E-state index is 0.381. The Hall–Kier alpha value is -1.26. The van der Waals surface area contributed by atoms with Crippen LogP contribution in [-0.4, -0.2) is 34.6 Å². The molecule has 0 atom stereocenters. The highest BCUT2D eigenvalue weighted by molar-refractivity contribution is 7.99. The summed E-state index contributed by atoms with van der Waals surface area (Å²) in [6, 6.07) is 9.88. The van der Waals surface area contributed by atoms with E-state index in [-0.39, 0.29) is 0 Å². The van der Waals surface area contributed by atoms with Gasteiger partial charge in [-0.25, -0.2) is 9.97 Å². The highest BCUT2D eigenvalue weighted by atomic mass is 35.5. The third-order valence-electron chi connectivity index (χ3n) is 3.76. The van der Waals surface area contributed by atoms with Gasteiger partial charge in [-0.05, 0) is 30.2 Å². The van der Waals surface area contributed by atoms with E-state index in [1.165, 1.54) is 0 Å². The Kier molecular flexibility index (Phi) is 4.89. The highest BCUT2D eigenvalue weighted by Gasteiger charge is 2.16. The second-order valence-corrected chi connectivity index (χ2v) is 7.40. The molecule has 0 aliphatic carbocycles. The molecule has 1 saturated heterocycles. The Morgan fingerprint density at radius 1 is 1.09 bits per heavy atom. The summed E-state index contributed by atoms with van der Waals surface area (Å²) in [5.74, 6) is 4.54. The van der Waals surface area contributed by atoms with Crippen LogP contribution in [0.4, 0.5) is 5.82 Å². The molecule has 0 unspecified atom stereocenters. The summed E-state index contributed by atoms with van der Waals surface area (Å²) < 4.78 is 0. The molecule has 2 aromatic rings. The lowest BCUT2D eigenvalue weighted by Crippen LogP contribution is -2.33. The number of aromatic nitrogens is 2. The third kappa shape index (κ3) is 3.55. The van der Waals surface area contributed by atoms with E-state index in [2.05, 4.69) is 24.8 Å². The average molecular weight is 334 g/mol. The SMILES string of the molecule is CC(C)c1cc(N2CCSCC2)nc(-c2ccc(Cl)cc2)n1. The van der Waals surface area contributed by atoms with Gasteiger partial charge in [0, 0.05) is 46.9 Å². The molecule has 0 N–H and O–H groups in total. The molecule has 1 aromatic heterocycles. The topological polar surface area (TPSA) is 29.0 Å². The van der Waals surface area contributed by atoms with E-state index in [9.17, 15) is 0 Å². The van der Waals surface area contributed by atoms with Gasteiger partial charge in [0.05, 0.1) is 0 Å². The summed E-state index contributed by atoms with van der Waals surface area (Å²) in [5, 5.41) is 0.733. The first-order valence-corrected chi connectivity index (χ1v) is 9.14. The minimum Gasteiger partial charge on any atom is -0.355 e. The van der Waals surface area contributed by atoms with Crippen LogP contribution in [0.1, 0.15) is 25.5 Å². The summed E-state index contributed by atoms with van der Waals surface area (Å²) >= 11 is 7.99. The van der Waals surface area contributed by atoms with Crippen molar-refractivity contribution in [1.29, 1.82) is 0 Å². The van der Waals surface area contributed by atoms with Crippen molar-refractivity contribution in [2.45, 2.75) is 19.8 Å². The molecule has 1 aliphatic rings. The smallest absolute Gasteiger partial charge is 0.161 e. The Morgan fingerprint density at radius 2 is 1.77 bits per heavy atom. The highest BCUT2D eigenvalue weighted by Crippen LogP contribution is 2.26. The molecule has 0 bridgehead atoms. The number of nitrogens with zero attached hydrogens (tertiary/aromatic N) is 3. The average Bonchev–Trinajstić information content (AvgIpc) is 2.56. The number of benzene rings is 1. The van der Waals surface area contributed by atoms with Crippen LogP contribution in [0.5, 0.6) is 0 Å². The van der Waals surface area contributed by atoms with E-state index in [1.807, 2.05) is 36.0 Å².